The van der Waals surface area contributed by atoms with Crippen LogP contribution >= 0.6 is 23.1 Å². The first kappa shape index (κ1) is 18.8. The number of fused-ring (bicyclic) bond motifs is 3. The van der Waals surface area contributed by atoms with Crippen LogP contribution in [0.3, 0.4) is 0 Å². The van der Waals surface area contributed by atoms with Crippen LogP contribution in [0.1, 0.15) is 11.4 Å². The number of aryl methyl sites for hydroxylation is 1. The molecule has 28 heavy (non-hydrogen) atoms. The van der Waals surface area contributed by atoms with E-state index in [4.69, 9.17) is 0 Å². The molecule has 3 heterocycles. The third kappa shape index (κ3) is 3.57. The molecule has 1 amide bonds. The van der Waals surface area contributed by atoms with Gasteiger partial charge in [-0.05, 0) is 54.8 Å². The van der Waals surface area contributed by atoms with Gasteiger partial charge in [0.15, 0.2) is 0 Å². The van der Waals surface area contributed by atoms with Crippen molar-refractivity contribution in [2.45, 2.75) is 24.8 Å². The first-order chi connectivity index (χ1) is 13.6. The van der Waals surface area contributed by atoms with E-state index in [1.54, 1.807) is 23.1 Å². The van der Waals surface area contributed by atoms with Gasteiger partial charge in [0.1, 0.15) is 17.9 Å². The van der Waals surface area contributed by atoms with Crippen LogP contribution in [0.25, 0.3) is 15.7 Å². The van der Waals surface area contributed by atoms with E-state index in [0.717, 1.165) is 16.6 Å². The van der Waals surface area contributed by atoms with Crippen LogP contribution in [-0.2, 0) is 17.8 Å². The van der Waals surface area contributed by atoms with Gasteiger partial charge in [-0.1, -0.05) is 12.1 Å². The smallest absolute Gasteiger partial charge is 0.291 e. The van der Waals surface area contributed by atoms with Crippen molar-refractivity contribution in [3.05, 3.63) is 63.5 Å². The highest BCUT2D eigenvalue weighted by Gasteiger charge is 2.14. The highest BCUT2D eigenvalue weighted by molar-refractivity contribution is 7.98. The number of hydrogen-bond acceptors (Lipinski definition) is 5. The molecule has 0 saturated heterocycles. The molecule has 8 heteroatoms. The van der Waals surface area contributed by atoms with Gasteiger partial charge in [-0.15, -0.1) is 23.1 Å². The molecule has 0 aliphatic rings. The predicted molar refractivity (Wildman–Crippen MR) is 115 cm³/mol. The minimum Gasteiger partial charge on any atom is -0.354 e. The minimum absolute atomic E-state index is 0.0829. The first-order valence-corrected chi connectivity index (χ1v) is 11.0. The third-order valence-electron chi connectivity index (χ3n) is 4.65. The fourth-order valence-electron chi connectivity index (χ4n) is 3.27. The summed E-state index contributed by atoms with van der Waals surface area (Å²) in [5, 5.41) is 9.20. The van der Waals surface area contributed by atoms with Crippen molar-refractivity contribution in [3.63, 3.8) is 0 Å². The van der Waals surface area contributed by atoms with E-state index in [-0.39, 0.29) is 18.0 Å². The number of carbonyl (C=O) groups excluding carboxylic acids is 1. The quantitative estimate of drug-likeness (QED) is 0.494. The van der Waals surface area contributed by atoms with E-state index in [9.17, 15) is 9.59 Å². The Balaban J connectivity index is 1.44. The zero-order valence-electron chi connectivity index (χ0n) is 15.6. The molecule has 3 aromatic heterocycles. The molecule has 0 aliphatic heterocycles. The molecule has 4 rings (SSSR count). The lowest BCUT2D eigenvalue weighted by Gasteiger charge is -2.09. The normalized spacial score (nSPS) is 11.4. The van der Waals surface area contributed by atoms with E-state index < -0.39 is 0 Å². The second-order valence-corrected chi connectivity index (χ2v) is 8.32. The molecular formula is C20H20N4O2S2. The second kappa shape index (κ2) is 7.81. The lowest BCUT2D eigenvalue weighted by Crippen LogP contribution is -2.35. The Kier molecular flexibility index (Phi) is 5.23. The summed E-state index contributed by atoms with van der Waals surface area (Å²) in [4.78, 5) is 26.3. The van der Waals surface area contributed by atoms with Crippen LogP contribution in [-0.4, -0.2) is 32.9 Å². The van der Waals surface area contributed by atoms with Crippen molar-refractivity contribution < 1.29 is 4.79 Å². The number of nitrogens with one attached hydrogen (secondary N) is 1. The fraction of sp³-hybridized carbons (Fsp3) is 0.250. The molecule has 0 spiro atoms. The molecule has 1 aromatic carbocycles. The molecule has 0 aliphatic carbocycles. The summed E-state index contributed by atoms with van der Waals surface area (Å²) in [5.74, 6) is 0.470. The average Bonchev–Trinajstić information content (AvgIpc) is 3.28. The maximum absolute atomic E-state index is 12.7. The van der Waals surface area contributed by atoms with Crippen LogP contribution < -0.4 is 10.9 Å². The molecule has 144 valence electrons. The van der Waals surface area contributed by atoms with Crippen molar-refractivity contribution >= 4 is 44.7 Å². The number of rotatable bonds is 6. The highest BCUT2D eigenvalue weighted by atomic mass is 32.2. The van der Waals surface area contributed by atoms with Gasteiger partial charge in [-0.3, -0.25) is 14.0 Å². The van der Waals surface area contributed by atoms with Crippen LogP contribution in [0.4, 0.5) is 0 Å². The summed E-state index contributed by atoms with van der Waals surface area (Å²) >= 11 is 3.29. The maximum atomic E-state index is 12.7. The van der Waals surface area contributed by atoms with Gasteiger partial charge in [0, 0.05) is 11.4 Å². The minimum atomic E-state index is -0.253. The van der Waals surface area contributed by atoms with Crippen molar-refractivity contribution in [2.75, 3.05) is 12.8 Å². The summed E-state index contributed by atoms with van der Waals surface area (Å²) in [6.07, 6.45) is 2.79. The lowest BCUT2D eigenvalue weighted by molar-refractivity contribution is -0.121. The third-order valence-corrected chi connectivity index (χ3v) is 6.25. The van der Waals surface area contributed by atoms with Crippen molar-refractivity contribution in [3.8, 4) is 0 Å². The Morgan fingerprint density at radius 1 is 1.21 bits per heavy atom. The highest BCUT2D eigenvalue weighted by Crippen LogP contribution is 2.24. The lowest BCUT2D eigenvalue weighted by atomic mass is 10.1. The van der Waals surface area contributed by atoms with Gasteiger partial charge in [-0.25, -0.2) is 4.68 Å². The van der Waals surface area contributed by atoms with E-state index in [2.05, 4.69) is 34.7 Å². The van der Waals surface area contributed by atoms with Crippen molar-refractivity contribution in [1.82, 2.24) is 19.5 Å². The van der Waals surface area contributed by atoms with E-state index >= 15 is 0 Å². The Labute approximate surface area is 170 Å². The molecule has 0 unspecified atom stereocenters. The van der Waals surface area contributed by atoms with Crippen LogP contribution in [0.2, 0.25) is 0 Å². The van der Waals surface area contributed by atoms with Gasteiger partial charge in [0.05, 0.1) is 10.2 Å². The van der Waals surface area contributed by atoms with Gasteiger partial charge < -0.3 is 5.32 Å². The summed E-state index contributed by atoms with van der Waals surface area (Å²) in [6.45, 7) is 2.28. The number of amides is 1. The maximum Gasteiger partial charge on any atom is 0.291 e. The van der Waals surface area contributed by atoms with E-state index in [0.29, 0.717) is 17.9 Å². The molecule has 1 N–H and O–H groups in total. The monoisotopic (exact) mass is 412 g/mol. The summed E-state index contributed by atoms with van der Waals surface area (Å²) in [6, 6.07) is 12.1. The topological polar surface area (TPSA) is 68.4 Å². The van der Waals surface area contributed by atoms with Crippen LogP contribution in [0.15, 0.2) is 51.5 Å². The van der Waals surface area contributed by atoms with Crippen LogP contribution in [0, 0.1) is 6.92 Å². The number of thioether (sulfide) groups is 1. The standard InChI is InChI=1S/C20H20N4O2S2/c1-13-22-23(20(26)17-11-18-16(24(13)17)8-10-28-18)12-19(25)21-9-7-14-3-5-15(27-2)6-4-14/h3-6,8,10-11H,7,9,12H2,1-2H3,(H,21,25). The molecule has 0 saturated carbocycles. The number of hydrogen-bond donors (Lipinski definition) is 1. The Hall–Kier alpha value is -2.58. The SMILES string of the molecule is CSc1ccc(CCNC(=O)Cn2nc(C)n3c(cc4sccc43)c2=O)cc1. The zero-order chi connectivity index (χ0) is 19.7. The summed E-state index contributed by atoms with van der Waals surface area (Å²) < 4.78 is 4.13. The number of aromatic nitrogens is 3. The molecule has 0 bridgehead atoms. The zero-order valence-corrected chi connectivity index (χ0v) is 17.3. The van der Waals surface area contributed by atoms with Gasteiger partial charge in [-0.2, -0.15) is 5.10 Å². The van der Waals surface area contributed by atoms with Crippen molar-refractivity contribution in [2.24, 2.45) is 0 Å². The second-order valence-electron chi connectivity index (χ2n) is 6.49. The summed E-state index contributed by atoms with van der Waals surface area (Å²) in [7, 11) is 0. The van der Waals surface area contributed by atoms with E-state index in [1.807, 2.05) is 35.1 Å². The molecular weight excluding hydrogens is 392 g/mol. The largest absolute Gasteiger partial charge is 0.354 e. The molecule has 4 aromatic rings. The number of nitrogens with zero attached hydrogens (tertiary/aromatic N) is 3. The molecule has 0 atom stereocenters. The summed E-state index contributed by atoms with van der Waals surface area (Å²) in [5.41, 5.74) is 2.44. The average molecular weight is 413 g/mol. The number of thiophene rings is 1. The molecule has 0 fully saturated rings. The Bertz CT molecular complexity index is 1200. The Morgan fingerprint density at radius 2 is 2.00 bits per heavy atom. The first-order valence-electron chi connectivity index (χ1n) is 8.93. The Morgan fingerprint density at radius 3 is 2.75 bits per heavy atom. The molecule has 6 nitrogen and oxygen atoms in total. The van der Waals surface area contributed by atoms with Gasteiger partial charge in [0.25, 0.3) is 5.56 Å². The van der Waals surface area contributed by atoms with Gasteiger partial charge in [0.2, 0.25) is 5.91 Å². The fourth-order valence-corrected chi connectivity index (χ4v) is 4.48. The number of carbonyl (C=O) groups is 1. The van der Waals surface area contributed by atoms with Gasteiger partial charge >= 0.3 is 0 Å². The van der Waals surface area contributed by atoms with Crippen molar-refractivity contribution in [1.29, 1.82) is 0 Å². The number of benzene rings is 1. The predicted octanol–water partition coefficient (Wildman–Crippen LogP) is 3.10. The molecule has 0 radical (unpaired) electrons. The van der Waals surface area contributed by atoms with Crippen LogP contribution in [0.5, 0.6) is 0 Å². The van der Waals surface area contributed by atoms with E-state index in [1.165, 1.54) is 15.1 Å².